The van der Waals surface area contributed by atoms with Crippen LogP contribution in [0.15, 0.2) is 180 Å². The zero-order chi connectivity index (χ0) is 39.3. The minimum atomic E-state index is 0.179. The van der Waals surface area contributed by atoms with E-state index < -0.39 is 0 Å². The number of furan rings is 1. The molecule has 1 N–H and O–H groups in total. The van der Waals surface area contributed by atoms with E-state index in [-0.39, 0.29) is 5.75 Å². The summed E-state index contributed by atoms with van der Waals surface area (Å²) in [6.45, 7) is 6.46. The van der Waals surface area contributed by atoms with Crippen LogP contribution in [0.4, 0.5) is 17.2 Å². The second kappa shape index (κ2) is 14.2. The molecule has 7 aromatic carbocycles. The first-order valence-corrected chi connectivity index (χ1v) is 19.5. The summed E-state index contributed by atoms with van der Waals surface area (Å²) in [5.41, 5.74) is 14.3. The molecule has 10 rings (SSSR count). The number of hydrogen-bond donors (Lipinski definition) is 1. The van der Waals surface area contributed by atoms with Crippen molar-refractivity contribution in [3.63, 3.8) is 0 Å². The number of pyridine rings is 2. The molecule has 3 aromatic heterocycles. The topological polar surface area (TPSA) is 62.4 Å². The lowest BCUT2D eigenvalue weighted by atomic mass is 9.91. The molecule has 5 nitrogen and oxygen atoms in total. The van der Waals surface area contributed by atoms with E-state index in [2.05, 4.69) is 141 Å². The van der Waals surface area contributed by atoms with Gasteiger partial charge in [0.15, 0.2) is 0 Å². The van der Waals surface area contributed by atoms with Gasteiger partial charge in [0.25, 0.3) is 0 Å². The summed E-state index contributed by atoms with van der Waals surface area (Å²) in [5.74, 6) is 0.963. The highest BCUT2D eigenvalue weighted by Gasteiger charge is 2.22. The number of phenols is 1. The lowest BCUT2D eigenvalue weighted by molar-refractivity contribution is 0.477. The quantitative estimate of drug-likeness (QED) is 0.176. The molecular weight excluding hydrogens is 711 g/mol. The van der Waals surface area contributed by atoms with E-state index in [4.69, 9.17) is 14.4 Å². The molecule has 0 aliphatic carbocycles. The molecule has 0 radical (unpaired) electrons. The van der Waals surface area contributed by atoms with Crippen LogP contribution >= 0.6 is 0 Å². The number of benzene rings is 7. The van der Waals surface area contributed by atoms with Crippen molar-refractivity contribution in [2.75, 3.05) is 4.90 Å². The zero-order valence-corrected chi connectivity index (χ0v) is 32.4. The average molecular weight is 750 g/mol. The summed E-state index contributed by atoms with van der Waals surface area (Å²) in [5, 5.41) is 15.6. The second-order valence-corrected chi connectivity index (χ2v) is 15.0. The van der Waals surface area contributed by atoms with Gasteiger partial charge in [-0.25, -0.2) is 9.97 Å². The molecule has 10 aromatic rings. The minimum absolute atomic E-state index is 0.179. The van der Waals surface area contributed by atoms with Crippen LogP contribution in [0.3, 0.4) is 0 Å². The molecule has 0 bridgehead atoms. The number of nitrogens with zero attached hydrogens (tertiary/aromatic N) is 3. The molecule has 278 valence electrons. The number of aryl methyl sites for hydroxylation is 3. The van der Waals surface area contributed by atoms with E-state index in [1.54, 1.807) is 6.07 Å². The number of phenolic OH excluding ortho intramolecular Hbond substituents is 1. The molecule has 0 fully saturated rings. The lowest BCUT2D eigenvalue weighted by Gasteiger charge is -2.27. The van der Waals surface area contributed by atoms with Crippen LogP contribution in [0.5, 0.6) is 5.75 Å². The monoisotopic (exact) mass is 749 g/mol. The van der Waals surface area contributed by atoms with E-state index >= 15 is 0 Å². The van der Waals surface area contributed by atoms with Crippen LogP contribution in [0.2, 0.25) is 0 Å². The van der Waals surface area contributed by atoms with Crippen molar-refractivity contribution in [2.24, 2.45) is 0 Å². The van der Waals surface area contributed by atoms with Gasteiger partial charge in [-0.3, -0.25) is 4.90 Å². The maximum atomic E-state index is 11.2. The maximum Gasteiger partial charge on any atom is 0.143 e. The Morgan fingerprint density at radius 3 is 2.03 bits per heavy atom. The Balaban J connectivity index is 1.29. The van der Waals surface area contributed by atoms with Crippen LogP contribution in [0.25, 0.3) is 77.5 Å². The molecule has 5 heteroatoms. The maximum absolute atomic E-state index is 11.2. The fraction of sp³-hybridized carbons (Fsp3) is 0.0566. The number of rotatable bonds is 7. The summed E-state index contributed by atoms with van der Waals surface area (Å²) in [4.78, 5) is 12.5. The fourth-order valence-electron chi connectivity index (χ4n) is 8.59. The van der Waals surface area contributed by atoms with Crippen molar-refractivity contribution in [1.29, 1.82) is 0 Å². The standard InChI is InChI=1S/C53H39N3O2/c1-33-26-34(2)52(35(3)27-33)39-31-46(55-47(32-39)45-18-6-8-22-49(45)57)38-28-37(42-19-13-20-44-43-17-7-9-23-50(43)58-53(42)44)29-40(30-38)56(51-24-10-11-25-54-51)48-21-12-15-36-14-4-5-16-41(36)48/h4-32,57H,1-3H3. The number of aromatic hydroxyl groups is 1. The van der Waals surface area contributed by atoms with Crippen molar-refractivity contribution in [3.05, 3.63) is 193 Å². The fourth-order valence-corrected chi connectivity index (χ4v) is 8.59. The third kappa shape index (κ3) is 6.14. The lowest BCUT2D eigenvalue weighted by Crippen LogP contribution is -2.12. The Morgan fingerprint density at radius 1 is 0.534 bits per heavy atom. The molecule has 3 heterocycles. The van der Waals surface area contributed by atoms with Crippen LogP contribution < -0.4 is 4.90 Å². The summed E-state index contributed by atoms with van der Waals surface area (Å²) in [7, 11) is 0. The normalized spacial score (nSPS) is 11.4. The number of aromatic nitrogens is 2. The Morgan fingerprint density at radius 2 is 1.21 bits per heavy atom. The predicted molar refractivity (Wildman–Crippen MR) is 239 cm³/mol. The van der Waals surface area contributed by atoms with E-state index in [1.807, 2.05) is 54.7 Å². The number of anilines is 3. The zero-order valence-electron chi connectivity index (χ0n) is 32.4. The summed E-state index contributed by atoms with van der Waals surface area (Å²) < 4.78 is 6.64. The van der Waals surface area contributed by atoms with Gasteiger partial charge >= 0.3 is 0 Å². The van der Waals surface area contributed by atoms with E-state index in [1.165, 1.54) is 16.7 Å². The molecule has 0 unspecified atom stereocenters. The Labute approximate surface area is 337 Å². The smallest absolute Gasteiger partial charge is 0.143 e. The van der Waals surface area contributed by atoms with Crippen LogP contribution in [-0.2, 0) is 0 Å². The molecule has 58 heavy (non-hydrogen) atoms. The van der Waals surface area contributed by atoms with Gasteiger partial charge in [0.05, 0.1) is 17.1 Å². The van der Waals surface area contributed by atoms with Gasteiger partial charge in [0.1, 0.15) is 22.7 Å². The molecule has 0 aliphatic heterocycles. The van der Waals surface area contributed by atoms with Crippen LogP contribution in [0, 0.1) is 20.8 Å². The molecule has 0 amide bonds. The van der Waals surface area contributed by atoms with Gasteiger partial charge < -0.3 is 9.52 Å². The first kappa shape index (κ1) is 35.0. The minimum Gasteiger partial charge on any atom is -0.507 e. The first-order chi connectivity index (χ1) is 28.4. The van der Waals surface area contributed by atoms with Crippen molar-refractivity contribution in [3.8, 4) is 50.5 Å². The number of para-hydroxylation sites is 3. The van der Waals surface area contributed by atoms with Gasteiger partial charge in [0, 0.05) is 44.7 Å². The van der Waals surface area contributed by atoms with Crippen molar-refractivity contribution >= 4 is 49.9 Å². The molecule has 0 saturated heterocycles. The Hall–Kier alpha value is -7.50. The summed E-state index contributed by atoms with van der Waals surface area (Å²) >= 11 is 0. The summed E-state index contributed by atoms with van der Waals surface area (Å²) in [6.07, 6.45) is 1.84. The Bertz CT molecular complexity index is 3160. The molecule has 0 aliphatic rings. The number of hydrogen-bond acceptors (Lipinski definition) is 5. The SMILES string of the molecule is Cc1cc(C)c(-c2cc(-c3cc(-c4cccc5c4oc4ccccc45)cc(N(c4ccccn4)c4cccc5ccccc45)c3)nc(-c3ccccc3O)c2)c(C)c1. The second-order valence-electron chi connectivity index (χ2n) is 15.0. The third-order valence-corrected chi connectivity index (χ3v) is 11.0. The van der Waals surface area contributed by atoms with E-state index in [0.717, 1.165) is 83.4 Å². The van der Waals surface area contributed by atoms with Gasteiger partial charge in [-0.05, 0) is 121 Å². The summed E-state index contributed by atoms with van der Waals surface area (Å²) in [6, 6.07) is 58.2. The van der Waals surface area contributed by atoms with E-state index in [9.17, 15) is 5.11 Å². The van der Waals surface area contributed by atoms with Gasteiger partial charge in [-0.15, -0.1) is 0 Å². The van der Waals surface area contributed by atoms with Crippen molar-refractivity contribution < 1.29 is 9.52 Å². The molecular formula is C53H39N3O2. The molecule has 0 saturated carbocycles. The highest BCUT2D eigenvalue weighted by molar-refractivity contribution is 6.10. The first-order valence-electron chi connectivity index (χ1n) is 19.5. The highest BCUT2D eigenvalue weighted by atomic mass is 16.3. The van der Waals surface area contributed by atoms with Crippen LogP contribution in [0.1, 0.15) is 16.7 Å². The van der Waals surface area contributed by atoms with Crippen molar-refractivity contribution in [2.45, 2.75) is 20.8 Å². The van der Waals surface area contributed by atoms with Gasteiger partial charge in [0.2, 0.25) is 0 Å². The van der Waals surface area contributed by atoms with Gasteiger partial charge in [-0.1, -0.05) is 109 Å². The molecule has 0 atom stereocenters. The largest absolute Gasteiger partial charge is 0.507 e. The van der Waals surface area contributed by atoms with Gasteiger partial charge in [-0.2, -0.15) is 0 Å². The Kier molecular flexibility index (Phi) is 8.57. The highest BCUT2D eigenvalue weighted by Crippen LogP contribution is 2.44. The third-order valence-electron chi connectivity index (χ3n) is 11.0. The van der Waals surface area contributed by atoms with Crippen LogP contribution in [-0.4, -0.2) is 15.1 Å². The van der Waals surface area contributed by atoms with E-state index in [0.29, 0.717) is 11.3 Å². The molecule has 0 spiro atoms. The predicted octanol–water partition coefficient (Wildman–Crippen LogP) is 14.3. The average Bonchev–Trinajstić information content (AvgIpc) is 3.63. The van der Waals surface area contributed by atoms with Crippen molar-refractivity contribution in [1.82, 2.24) is 9.97 Å². The number of fused-ring (bicyclic) bond motifs is 4.